The van der Waals surface area contributed by atoms with E-state index in [-0.39, 0.29) is 6.29 Å². The van der Waals surface area contributed by atoms with Crippen molar-refractivity contribution in [1.29, 1.82) is 0 Å². The summed E-state index contributed by atoms with van der Waals surface area (Å²) >= 11 is 0. The van der Waals surface area contributed by atoms with E-state index in [1.807, 2.05) is 6.34 Å². The molecule has 51 heavy (non-hydrogen) atoms. The number of aliphatic imine (C=N–C) groups is 2. The molecule has 0 saturated carbocycles. The van der Waals surface area contributed by atoms with Gasteiger partial charge in [0, 0.05) is 38.0 Å². The van der Waals surface area contributed by atoms with Crippen LogP contribution >= 0.6 is 0 Å². The highest BCUT2D eigenvalue weighted by Gasteiger charge is 2.37. The number of rotatable bonds is 2. The first-order valence-corrected chi connectivity index (χ1v) is 17.4. The molecule has 2 aliphatic heterocycles. The lowest BCUT2D eigenvalue weighted by Crippen LogP contribution is -2.40. The Kier molecular flexibility index (Phi) is 4.59. The lowest BCUT2D eigenvalue weighted by atomic mass is 9.99. The number of hydrogen-bond donors (Lipinski definition) is 0. The average Bonchev–Trinajstić information content (AvgIpc) is 3.91. The fourth-order valence-corrected chi connectivity index (χ4v) is 9.49. The number of aromatic nitrogens is 2. The molecule has 0 saturated heterocycles. The molecule has 1 unspecified atom stereocenters. The number of benzene rings is 8. The first-order chi connectivity index (χ1) is 25.3. The maximum Gasteiger partial charge on any atom is 0.210 e. The van der Waals surface area contributed by atoms with Crippen LogP contribution in [0.15, 0.2) is 150 Å². The summed E-state index contributed by atoms with van der Waals surface area (Å²) in [7, 11) is 0. The van der Waals surface area contributed by atoms with Crippen LogP contribution in [-0.2, 0) is 0 Å². The highest BCUT2D eigenvalue weighted by Crippen LogP contribution is 2.50. The predicted molar refractivity (Wildman–Crippen MR) is 213 cm³/mol. The molecule has 1 atom stereocenters. The Morgan fingerprint density at radius 2 is 1.22 bits per heavy atom. The molecule has 0 spiro atoms. The van der Waals surface area contributed by atoms with Crippen LogP contribution in [0.25, 0.3) is 87.1 Å². The van der Waals surface area contributed by atoms with Gasteiger partial charge >= 0.3 is 0 Å². The average molecular weight is 651 g/mol. The molecule has 0 N–H and O–H groups in total. The van der Waals surface area contributed by atoms with Crippen LogP contribution in [0.2, 0.25) is 0 Å². The van der Waals surface area contributed by atoms with E-state index in [4.69, 9.17) is 4.99 Å². The van der Waals surface area contributed by atoms with Crippen molar-refractivity contribution < 1.29 is 0 Å². The van der Waals surface area contributed by atoms with E-state index in [0.717, 1.165) is 17.1 Å². The Labute approximate surface area is 290 Å². The molecule has 3 aromatic heterocycles. The minimum absolute atomic E-state index is 0.211. The second kappa shape index (κ2) is 9.00. The van der Waals surface area contributed by atoms with Gasteiger partial charge in [0.05, 0.1) is 44.6 Å². The Balaban J connectivity index is 1.12. The lowest BCUT2D eigenvalue weighted by molar-refractivity contribution is 0.743. The van der Waals surface area contributed by atoms with Crippen molar-refractivity contribution in [3.05, 3.63) is 140 Å². The van der Waals surface area contributed by atoms with Crippen molar-refractivity contribution in [2.45, 2.75) is 6.29 Å². The Bertz CT molecular complexity index is 3340. The molecule has 0 radical (unpaired) electrons. The fraction of sp³-hybridized carbons (Fsp3) is 0.0222. The predicted octanol–water partition coefficient (Wildman–Crippen LogP) is 11.0. The van der Waals surface area contributed by atoms with E-state index in [0.29, 0.717) is 0 Å². The molecule has 13 rings (SSSR count). The van der Waals surface area contributed by atoms with E-state index in [1.165, 1.54) is 87.1 Å². The van der Waals surface area contributed by atoms with Gasteiger partial charge in [0.25, 0.3) is 0 Å². The van der Waals surface area contributed by atoms with Gasteiger partial charge in [-0.1, -0.05) is 84.9 Å². The van der Waals surface area contributed by atoms with Gasteiger partial charge in [-0.3, -0.25) is 9.80 Å². The molecule has 2 aliphatic rings. The zero-order valence-corrected chi connectivity index (χ0v) is 27.2. The van der Waals surface area contributed by atoms with Crippen LogP contribution in [0.4, 0.5) is 17.1 Å². The molecule has 0 fully saturated rings. The molecule has 236 valence electrons. The summed E-state index contributed by atoms with van der Waals surface area (Å²) < 4.78 is 5.04. The second-order valence-electron chi connectivity index (χ2n) is 13.9. The van der Waals surface area contributed by atoms with Gasteiger partial charge in [0.2, 0.25) is 6.29 Å². The molecule has 6 nitrogen and oxygen atoms in total. The van der Waals surface area contributed by atoms with E-state index in [9.17, 15) is 0 Å². The van der Waals surface area contributed by atoms with Crippen molar-refractivity contribution in [2.75, 3.05) is 9.80 Å². The van der Waals surface area contributed by atoms with E-state index < -0.39 is 0 Å². The van der Waals surface area contributed by atoms with Gasteiger partial charge in [-0.05, 0) is 76.1 Å². The Morgan fingerprint density at radius 1 is 0.490 bits per heavy atom. The van der Waals surface area contributed by atoms with Gasteiger partial charge < -0.3 is 8.97 Å². The molecular weight excluding hydrogens is 625 g/mol. The summed E-state index contributed by atoms with van der Waals surface area (Å²) in [5.74, 6) is 0. The van der Waals surface area contributed by atoms with Crippen LogP contribution in [0.1, 0.15) is 0 Å². The molecule has 6 heteroatoms. The highest BCUT2D eigenvalue weighted by atomic mass is 15.5. The zero-order valence-electron chi connectivity index (χ0n) is 27.2. The lowest BCUT2D eigenvalue weighted by Gasteiger charge is -2.29. The summed E-state index contributed by atoms with van der Waals surface area (Å²) in [6, 6.07) is 51.4. The SMILES string of the molecule is C1=NC=NC2N1c1ccccc1N2c1ccc2c(-n3c4cccc5c4c4c3ccc3c6c7ccccc7ccc6n5c34)c3ccccc3cc2c1. The van der Waals surface area contributed by atoms with Crippen molar-refractivity contribution in [2.24, 2.45) is 9.98 Å². The first kappa shape index (κ1) is 26.0. The summed E-state index contributed by atoms with van der Waals surface area (Å²) in [6.07, 6.45) is 3.33. The largest absolute Gasteiger partial charge is 0.308 e. The quantitative estimate of drug-likeness (QED) is 0.175. The third-order valence-corrected chi connectivity index (χ3v) is 11.5. The smallest absolute Gasteiger partial charge is 0.210 e. The maximum atomic E-state index is 4.80. The number of fused-ring (bicyclic) bond motifs is 11. The van der Waals surface area contributed by atoms with Crippen LogP contribution in [-0.4, -0.2) is 27.9 Å². The van der Waals surface area contributed by atoms with Crippen LogP contribution in [0.3, 0.4) is 0 Å². The van der Waals surface area contributed by atoms with E-state index in [2.05, 4.69) is 163 Å². The van der Waals surface area contributed by atoms with E-state index >= 15 is 0 Å². The van der Waals surface area contributed by atoms with Gasteiger partial charge in [-0.15, -0.1) is 0 Å². The molecule has 0 amide bonds. The Hall–Kier alpha value is -6.92. The van der Waals surface area contributed by atoms with Gasteiger partial charge in [0.1, 0.15) is 12.7 Å². The number of para-hydroxylation sites is 2. The van der Waals surface area contributed by atoms with Gasteiger partial charge in [-0.25, -0.2) is 9.98 Å². The summed E-state index contributed by atoms with van der Waals surface area (Å²) in [4.78, 5) is 13.6. The molecule has 0 aliphatic carbocycles. The fourth-order valence-electron chi connectivity index (χ4n) is 9.49. The normalized spacial score (nSPS) is 15.8. The monoisotopic (exact) mass is 650 g/mol. The van der Waals surface area contributed by atoms with E-state index in [1.54, 1.807) is 6.34 Å². The van der Waals surface area contributed by atoms with Gasteiger partial charge in [-0.2, -0.15) is 0 Å². The van der Waals surface area contributed by atoms with Crippen molar-refractivity contribution in [1.82, 2.24) is 8.97 Å². The minimum Gasteiger partial charge on any atom is -0.308 e. The summed E-state index contributed by atoms with van der Waals surface area (Å²) in [5, 5.41) is 12.7. The molecule has 8 aromatic carbocycles. The standard InChI is InChI=1S/C45H26N6/c1-3-10-30-26(8-1)16-20-38-40(30)33-19-21-39-42-41-36(14-7-15-37(41)51(38)44(33)42)50(39)43-31-11-4-2-9-27(31)22-28-23-29(17-18-32(28)43)49-35-13-6-5-12-34(35)48-25-46-24-47-45(48)49/h1-25,45H. The minimum atomic E-state index is -0.211. The molecular formula is C45H26N6. The number of hydrogen-bond acceptors (Lipinski definition) is 4. The zero-order chi connectivity index (χ0) is 32.9. The number of nitrogens with zero attached hydrogens (tertiary/aromatic N) is 6. The molecule has 11 aromatic rings. The van der Waals surface area contributed by atoms with Crippen molar-refractivity contribution in [3.63, 3.8) is 0 Å². The highest BCUT2D eigenvalue weighted by molar-refractivity contribution is 6.35. The van der Waals surface area contributed by atoms with Crippen LogP contribution in [0.5, 0.6) is 0 Å². The topological polar surface area (TPSA) is 40.5 Å². The number of anilines is 3. The molecule has 5 heterocycles. The summed E-state index contributed by atoms with van der Waals surface area (Å²) in [5.41, 5.74) is 10.8. The third-order valence-electron chi connectivity index (χ3n) is 11.5. The maximum absolute atomic E-state index is 4.80. The van der Waals surface area contributed by atoms with Crippen molar-refractivity contribution in [3.8, 4) is 5.69 Å². The molecule has 0 bridgehead atoms. The van der Waals surface area contributed by atoms with Crippen LogP contribution < -0.4 is 9.80 Å². The van der Waals surface area contributed by atoms with Crippen molar-refractivity contribution >= 4 is 111 Å². The first-order valence-electron chi connectivity index (χ1n) is 17.4. The Morgan fingerprint density at radius 3 is 2.16 bits per heavy atom. The van der Waals surface area contributed by atoms with Crippen LogP contribution in [0, 0.1) is 0 Å². The third kappa shape index (κ3) is 3.06. The second-order valence-corrected chi connectivity index (χ2v) is 13.9. The van der Waals surface area contributed by atoms with Gasteiger partial charge in [0.15, 0.2) is 0 Å². The summed E-state index contributed by atoms with van der Waals surface area (Å²) in [6.45, 7) is 0.